The van der Waals surface area contributed by atoms with Gasteiger partial charge in [-0.1, -0.05) is 6.08 Å². The molecule has 1 aromatic carbocycles. The summed E-state index contributed by atoms with van der Waals surface area (Å²) in [5, 5.41) is 3.91. The summed E-state index contributed by atoms with van der Waals surface area (Å²) in [4.78, 5) is 19.5. The molecule has 0 bridgehead atoms. The highest BCUT2D eigenvalue weighted by atomic mass is 32.2. The smallest absolute Gasteiger partial charge is 0.248 e. The molecular formula is C25H29N3O2S. The topological polar surface area (TPSA) is 48.6 Å². The van der Waals surface area contributed by atoms with E-state index >= 15 is 0 Å². The van der Waals surface area contributed by atoms with Crippen molar-refractivity contribution in [3.05, 3.63) is 75.6 Å². The zero-order chi connectivity index (χ0) is 21.0. The lowest BCUT2D eigenvalue weighted by atomic mass is 10.0. The molecule has 0 amide bonds. The summed E-state index contributed by atoms with van der Waals surface area (Å²) < 4.78 is 5.91. The quantitative estimate of drug-likeness (QED) is 0.662. The maximum atomic E-state index is 11.5. The zero-order valence-corrected chi connectivity index (χ0v) is 18.6. The second-order valence-corrected chi connectivity index (χ2v) is 9.48. The number of aromatic amines is 1. The van der Waals surface area contributed by atoms with Gasteiger partial charge in [-0.2, -0.15) is 0 Å². The predicted octanol–water partition coefficient (Wildman–Crippen LogP) is 4.15. The number of nitrogens with zero attached hydrogens (tertiary/aromatic N) is 2. The van der Waals surface area contributed by atoms with Crippen molar-refractivity contribution < 1.29 is 4.74 Å². The van der Waals surface area contributed by atoms with Gasteiger partial charge in [0.15, 0.2) is 0 Å². The SMILES string of the molecule is O=c1ccc2ccc(OCCCCN3CCN(C4=C5C=CSC5CC=C4)CC3)cc2[nH]1. The number of fused-ring (bicyclic) bond motifs is 2. The molecule has 5 nitrogen and oxygen atoms in total. The first-order valence-corrected chi connectivity index (χ1v) is 12.2. The molecule has 31 heavy (non-hydrogen) atoms. The van der Waals surface area contributed by atoms with Gasteiger partial charge in [0.2, 0.25) is 5.56 Å². The van der Waals surface area contributed by atoms with Gasteiger partial charge in [0.25, 0.3) is 0 Å². The predicted molar refractivity (Wildman–Crippen MR) is 129 cm³/mol. The molecule has 3 heterocycles. The summed E-state index contributed by atoms with van der Waals surface area (Å²) in [6, 6.07) is 9.25. The van der Waals surface area contributed by atoms with E-state index < -0.39 is 0 Å². The van der Waals surface area contributed by atoms with Gasteiger partial charge in [-0.05, 0) is 72.5 Å². The van der Waals surface area contributed by atoms with E-state index in [-0.39, 0.29) is 5.56 Å². The van der Waals surface area contributed by atoms with Crippen LogP contribution >= 0.6 is 11.8 Å². The minimum atomic E-state index is -0.0836. The standard InChI is InChI=1S/C25H29N3O2S/c29-25-9-7-19-6-8-20(18-22(19)26-25)30-16-2-1-11-27-12-14-28(15-13-27)23-4-3-5-24-21(23)10-17-31-24/h3-4,6-10,17-18,24H,1-2,5,11-16H2,(H,26,29). The molecule has 0 saturated carbocycles. The first-order valence-electron chi connectivity index (χ1n) is 11.2. The fourth-order valence-electron chi connectivity index (χ4n) is 4.57. The first kappa shape index (κ1) is 20.5. The molecular weight excluding hydrogens is 406 g/mol. The lowest BCUT2D eigenvalue weighted by Crippen LogP contribution is -2.46. The van der Waals surface area contributed by atoms with Crippen LogP contribution in [-0.4, -0.2) is 59.4 Å². The van der Waals surface area contributed by atoms with Crippen LogP contribution in [0.3, 0.4) is 0 Å². The van der Waals surface area contributed by atoms with Gasteiger partial charge in [-0.3, -0.25) is 9.69 Å². The van der Waals surface area contributed by atoms with Crippen molar-refractivity contribution in [2.45, 2.75) is 24.5 Å². The van der Waals surface area contributed by atoms with E-state index in [9.17, 15) is 4.79 Å². The molecule has 2 aliphatic heterocycles. The van der Waals surface area contributed by atoms with Crippen LogP contribution in [0.2, 0.25) is 0 Å². The van der Waals surface area contributed by atoms with E-state index in [1.165, 1.54) is 11.3 Å². The van der Waals surface area contributed by atoms with E-state index in [1.54, 1.807) is 6.07 Å². The lowest BCUT2D eigenvalue weighted by Gasteiger charge is -2.38. The number of unbranched alkanes of at least 4 members (excludes halogenated alkanes) is 1. The van der Waals surface area contributed by atoms with Gasteiger partial charge < -0.3 is 14.6 Å². The molecule has 1 atom stereocenters. The van der Waals surface area contributed by atoms with Crippen LogP contribution < -0.4 is 10.3 Å². The molecule has 1 aliphatic carbocycles. The molecule has 1 N–H and O–H groups in total. The van der Waals surface area contributed by atoms with Crippen LogP contribution in [0.4, 0.5) is 0 Å². The number of allylic oxidation sites excluding steroid dienone is 3. The molecule has 3 aliphatic rings. The average Bonchev–Trinajstić information content (AvgIpc) is 3.28. The Labute approximate surface area is 187 Å². The second kappa shape index (κ2) is 9.37. The summed E-state index contributed by atoms with van der Waals surface area (Å²) in [7, 11) is 0. The van der Waals surface area contributed by atoms with Crippen LogP contribution in [0.15, 0.2) is 70.0 Å². The Morgan fingerprint density at radius 1 is 1.06 bits per heavy atom. The van der Waals surface area contributed by atoms with Crippen LogP contribution in [0.25, 0.3) is 10.9 Å². The number of H-pyrrole nitrogens is 1. The number of benzene rings is 1. The molecule has 5 rings (SSSR count). The maximum Gasteiger partial charge on any atom is 0.248 e. The van der Waals surface area contributed by atoms with Gasteiger partial charge in [-0.25, -0.2) is 0 Å². The Morgan fingerprint density at radius 2 is 1.94 bits per heavy atom. The second-order valence-electron chi connectivity index (χ2n) is 8.36. The van der Waals surface area contributed by atoms with Crippen molar-refractivity contribution in [2.24, 2.45) is 0 Å². The highest BCUT2D eigenvalue weighted by Crippen LogP contribution is 2.38. The number of hydrogen-bond donors (Lipinski definition) is 1. The number of rotatable bonds is 7. The van der Waals surface area contributed by atoms with Crippen LogP contribution in [0.5, 0.6) is 5.75 Å². The fourth-order valence-corrected chi connectivity index (χ4v) is 5.55. The van der Waals surface area contributed by atoms with Gasteiger partial charge in [0.05, 0.1) is 12.1 Å². The first-order chi connectivity index (χ1) is 15.3. The number of ether oxygens (including phenoxy) is 1. The van der Waals surface area contributed by atoms with E-state index in [0.717, 1.165) is 68.6 Å². The zero-order valence-electron chi connectivity index (χ0n) is 17.8. The highest BCUT2D eigenvalue weighted by molar-refractivity contribution is 8.03. The average molecular weight is 436 g/mol. The summed E-state index contributed by atoms with van der Waals surface area (Å²) >= 11 is 1.96. The van der Waals surface area contributed by atoms with Gasteiger partial charge >= 0.3 is 0 Å². The number of nitrogens with one attached hydrogen (secondary N) is 1. The molecule has 1 aromatic heterocycles. The van der Waals surface area contributed by atoms with Gasteiger partial charge in [-0.15, -0.1) is 11.8 Å². The number of aromatic nitrogens is 1. The minimum absolute atomic E-state index is 0.0836. The Balaban J connectivity index is 1.04. The molecule has 0 spiro atoms. The van der Waals surface area contributed by atoms with Crippen molar-refractivity contribution in [1.82, 2.24) is 14.8 Å². The van der Waals surface area contributed by atoms with Gasteiger partial charge in [0.1, 0.15) is 5.75 Å². The molecule has 162 valence electrons. The Kier molecular flexibility index (Phi) is 6.18. The monoisotopic (exact) mass is 435 g/mol. The van der Waals surface area contributed by atoms with E-state index in [4.69, 9.17) is 4.74 Å². The highest BCUT2D eigenvalue weighted by Gasteiger charge is 2.26. The summed E-state index contributed by atoms with van der Waals surface area (Å²) in [5.74, 6) is 0.815. The third-order valence-electron chi connectivity index (χ3n) is 6.31. The molecule has 1 fully saturated rings. The van der Waals surface area contributed by atoms with Crippen molar-refractivity contribution in [3.8, 4) is 5.75 Å². The number of piperazine rings is 1. The molecule has 2 aromatic rings. The molecule has 1 unspecified atom stereocenters. The summed E-state index contributed by atoms with van der Waals surface area (Å²) in [6.07, 6.45) is 10.3. The van der Waals surface area contributed by atoms with Crippen LogP contribution in [-0.2, 0) is 0 Å². The molecule has 6 heteroatoms. The normalized spacial score (nSPS) is 21.2. The van der Waals surface area contributed by atoms with E-state index in [0.29, 0.717) is 11.9 Å². The Hall–Kier alpha value is -2.44. The number of hydrogen-bond acceptors (Lipinski definition) is 5. The van der Waals surface area contributed by atoms with Crippen molar-refractivity contribution in [3.63, 3.8) is 0 Å². The Morgan fingerprint density at radius 3 is 2.84 bits per heavy atom. The third kappa shape index (κ3) is 4.75. The third-order valence-corrected chi connectivity index (χ3v) is 7.37. The van der Waals surface area contributed by atoms with Crippen molar-refractivity contribution in [1.29, 1.82) is 0 Å². The summed E-state index contributed by atoms with van der Waals surface area (Å²) in [6.45, 7) is 6.31. The van der Waals surface area contributed by atoms with Crippen LogP contribution in [0, 0.1) is 0 Å². The van der Waals surface area contributed by atoms with Gasteiger partial charge in [0, 0.05) is 49.3 Å². The fraction of sp³-hybridized carbons (Fsp3) is 0.400. The van der Waals surface area contributed by atoms with E-state index in [2.05, 4.69) is 38.4 Å². The van der Waals surface area contributed by atoms with Crippen molar-refractivity contribution >= 4 is 22.7 Å². The molecule has 1 saturated heterocycles. The number of pyridine rings is 1. The van der Waals surface area contributed by atoms with E-state index in [1.807, 2.05) is 36.0 Å². The minimum Gasteiger partial charge on any atom is -0.494 e. The summed E-state index contributed by atoms with van der Waals surface area (Å²) in [5.41, 5.74) is 3.71. The lowest BCUT2D eigenvalue weighted by molar-refractivity contribution is 0.156. The number of thioether (sulfide) groups is 1. The maximum absolute atomic E-state index is 11.5. The Bertz CT molecular complexity index is 1080. The van der Waals surface area contributed by atoms with Crippen LogP contribution in [0.1, 0.15) is 19.3 Å². The van der Waals surface area contributed by atoms with Crippen molar-refractivity contribution in [2.75, 3.05) is 39.3 Å². The largest absolute Gasteiger partial charge is 0.494 e. The molecule has 0 radical (unpaired) electrons.